The second kappa shape index (κ2) is 58.8. The number of methoxy groups -OCH3 is 1. The Morgan fingerprint density at radius 2 is 0.580 bits per heavy atom. The molecule has 29 heteroatoms. The van der Waals surface area contributed by atoms with Gasteiger partial charge < -0.3 is 30.3 Å². The van der Waals surface area contributed by atoms with E-state index >= 15 is 0 Å². The monoisotopic (exact) mass is 2520 g/mol. The van der Waals surface area contributed by atoms with Crippen LogP contribution in [-0.4, -0.2) is 98.8 Å². The van der Waals surface area contributed by atoms with Crippen LogP contribution in [0.2, 0.25) is 0 Å². The summed E-state index contributed by atoms with van der Waals surface area (Å²) in [6, 6.07) is 64.7. The molecule has 15 unspecified atom stereocenters. The van der Waals surface area contributed by atoms with Crippen molar-refractivity contribution in [1.29, 1.82) is 0 Å². The molecule has 10 bridgehead atoms. The van der Waals surface area contributed by atoms with Gasteiger partial charge in [0.15, 0.2) is 0 Å². The molecule has 15 atom stereocenters. The standard InChI is InChI=1S/C24H29NO2.2C24H29NO.C23H27NO.C19H26N2O3.10ClH.5Zr/c1-24(2,19-7-5-4-6-8-19)21-14-20(27-3)13-18(23(21)26)15-25-22-12-16-9-10-17(22)11-16;2*1-16-11-19(15-25-22-14-17-9-10-18(22)13-17)23(26)21(12-16)24(2,3)20-7-5-4-6-8-20;1-23(2,19-8-4-3-5-9-19)20-10-6-7-18(22(20)25)15-24-21-14-16-11-12-17(21)13-16;1-4-19(2,3)16-10-15(21(23)24)9-14(18(16)22)11-20-17-8-12-5-6-13(17)7-12;;;;;;;;;;;;;;;/h4-8,13-17,22,26H,9-12H2,1-3H3;2*4-8,11-12,15,17-18,22,26H,9-10,13-14H2,1-3H3;3-10,15-17,21,25H,11-14H2,1-2H3;9-13,17,22H,4-8H2,1-3H3;10*1H;;;;;/q;;;;;;;;;;;;;;;5*+2/p-10. The number of aromatic hydroxyl groups is 5. The van der Waals surface area contributed by atoms with Crippen molar-refractivity contribution in [3.63, 3.8) is 0 Å². The molecule has 0 amide bonds. The average molecular weight is 2530 g/mol. The van der Waals surface area contributed by atoms with Crippen LogP contribution in [0, 0.1) is 83.1 Å². The van der Waals surface area contributed by atoms with E-state index in [-0.39, 0.29) is 38.5 Å². The van der Waals surface area contributed by atoms with Crippen LogP contribution in [0.1, 0.15) is 300 Å². The number of para-hydroxylation sites is 1. The van der Waals surface area contributed by atoms with Crippen LogP contribution in [-0.2, 0) is 131 Å². The van der Waals surface area contributed by atoms with Crippen molar-refractivity contribution in [3.05, 3.63) is 287 Å². The maximum atomic E-state index is 11.3. The Bertz CT molecular complexity index is 5550. The third-order valence-corrected chi connectivity index (χ3v) is 32.1. The third kappa shape index (κ3) is 33.2. The molecule has 19 rings (SSSR count). The average Bonchev–Trinajstić information content (AvgIpc) is 0.945. The minimum absolute atomic E-state index is 0.0127. The Labute approximate surface area is 944 Å². The molecule has 5 N–H and O–H groups in total. The van der Waals surface area contributed by atoms with Gasteiger partial charge in [0.1, 0.15) is 34.5 Å². The summed E-state index contributed by atoms with van der Waals surface area (Å²) in [5.41, 5.74) is 13.8. The van der Waals surface area contributed by atoms with Gasteiger partial charge in [0, 0.05) is 121 Å². The number of ether oxygens (including phenoxy) is 1. The predicted octanol–water partition coefficient (Wildman–Crippen LogP) is 33.4. The first-order chi connectivity index (χ1) is 68.3. The van der Waals surface area contributed by atoms with Crippen LogP contribution in [0.5, 0.6) is 34.5 Å². The van der Waals surface area contributed by atoms with Crippen LogP contribution in [0.4, 0.5) is 5.69 Å². The van der Waals surface area contributed by atoms with E-state index in [9.17, 15) is 35.6 Å². The number of hydrogen-bond donors (Lipinski definition) is 5. The molecule has 10 aliphatic carbocycles. The van der Waals surface area contributed by atoms with Gasteiger partial charge in [-0.2, -0.15) is 0 Å². The van der Waals surface area contributed by atoms with Gasteiger partial charge in [-0.25, -0.2) is 0 Å². The molecular weight excluding hydrogens is 2390 g/mol. The van der Waals surface area contributed by atoms with Crippen LogP contribution < -0.4 is 4.74 Å². The fourth-order valence-electron chi connectivity index (χ4n) is 23.7. The van der Waals surface area contributed by atoms with Crippen molar-refractivity contribution in [1.82, 2.24) is 0 Å². The summed E-state index contributed by atoms with van der Waals surface area (Å²) >= 11 is -4.13. The molecule has 0 aliphatic heterocycles. The number of phenolic OH excluding ortho intramolecular Hbond substituents is 5. The van der Waals surface area contributed by atoms with Crippen molar-refractivity contribution in [2.45, 2.75) is 282 Å². The Morgan fingerprint density at radius 3 is 0.839 bits per heavy atom. The Kier molecular flexibility index (Phi) is 50.0. The topological polar surface area (TPSA) is 215 Å². The van der Waals surface area contributed by atoms with E-state index in [2.05, 4.69) is 183 Å². The zero-order chi connectivity index (χ0) is 104. The van der Waals surface area contributed by atoms with Crippen molar-refractivity contribution in [3.8, 4) is 34.5 Å². The summed E-state index contributed by atoms with van der Waals surface area (Å²) in [5, 5.41) is 65.9. The van der Waals surface area contributed by atoms with E-state index in [1.807, 2.05) is 112 Å². The van der Waals surface area contributed by atoms with Gasteiger partial charge in [0.05, 0.1) is 42.2 Å². The number of nitrogens with zero attached hydrogens (tertiary/aromatic N) is 6. The number of aryl methyl sites for hydroxylation is 2. The van der Waals surface area contributed by atoms with E-state index in [1.165, 1.54) is 151 Å². The van der Waals surface area contributed by atoms with E-state index < -0.39 is 109 Å². The molecule has 10 fully saturated rings. The van der Waals surface area contributed by atoms with Crippen LogP contribution >= 0.6 is 85.1 Å². The molecule has 10 saturated carbocycles. The molecule has 143 heavy (non-hydrogen) atoms. The molecule has 9 aromatic carbocycles. The Morgan fingerprint density at radius 1 is 0.329 bits per heavy atom. The van der Waals surface area contributed by atoms with Crippen molar-refractivity contribution in [2.75, 3.05) is 7.11 Å². The molecule has 0 radical (unpaired) electrons. The Hall–Kier alpha value is -3.15. The first-order valence-electron chi connectivity index (χ1n) is 50.0. The quantitative estimate of drug-likeness (QED) is 0.0249. The van der Waals surface area contributed by atoms with Crippen molar-refractivity contribution >= 4 is 122 Å². The first-order valence-corrected chi connectivity index (χ1v) is 81.6. The van der Waals surface area contributed by atoms with E-state index in [4.69, 9.17) is 110 Å². The van der Waals surface area contributed by atoms with Gasteiger partial charge in [0.2, 0.25) is 0 Å². The number of halogens is 10. The zero-order valence-corrected chi connectivity index (χ0v) is 105. The van der Waals surface area contributed by atoms with Crippen molar-refractivity contribution in [2.24, 2.45) is 84.1 Å². The van der Waals surface area contributed by atoms with Crippen LogP contribution in [0.25, 0.3) is 0 Å². The van der Waals surface area contributed by atoms with Gasteiger partial charge in [-0.3, -0.25) is 35.1 Å². The molecule has 0 saturated heterocycles. The van der Waals surface area contributed by atoms with Crippen molar-refractivity contribution < 1.29 is 139 Å². The summed E-state index contributed by atoms with van der Waals surface area (Å²) < 4.78 is 5.53. The number of nitro benzene ring substituents is 1. The van der Waals surface area contributed by atoms with Gasteiger partial charge >= 0.3 is 189 Å². The fraction of sp³-hybridized carbons (Fsp3) is 0.482. The Balaban J connectivity index is 0.000000177. The van der Waals surface area contributed by atoms with E-state index in [0.29, 0.717) is 70.3 Å². The van der Waals surface area contributed by atoms with E-state index in [1.54, 1.807) is 13.3 Å². The number of fused-ring (bicyclic) bond motifs is 10. The van der Waals surface area contributed by atoms with Gasteiger partial charge in [-0.15, -0.1) is 0 Å². The second-order valence-corrected chi connectivity index (χ2v) is 61.4. The summed E-state index contributed by atoms with van der Waals surface area (Å²) in [4.78, 5) is 35.0. The maximum absolute atomic E-state index is 11.3. The summed E-state index contributed by atoms with van der Waals surface area (Å²) in [7, 11) is 51.0. The van der Waals surface area contributed by atoms with Gasteiger partial charge in [-0.05, 0) is 245 Å². The molecule has 10 aliphatic rings. The van der Waals surface area contributed by atoms with Gasteiger partial charge in [-0.1, -0.05) is 254 Å². The predicted molar refractivity (Wildman–Crippen MR) is 583 cm³/mol. The summed E-state index contributed by atoms with van der Waals surface area (Å²) in [6.45, 7) is 27.5. The summed E-state index contributed by atoms with van der Waals surface area (Å²) in [6.07, 6.45) is 36.1. The first kappa shape index (κ1) is 122. The number of nitro groups is 1. The van der Waals surface area contributed by atoms with Crippen LogP contribution in [0.3, 0.4) is 0 Å². The molecule has 0 aromatic heterocycles. The number of phenols is 5. The number of aliphatic imine (C=N–C) groups is 5. The SMILES string of the molecule is CC(C)(c1ccccc1)c1cccc(C=NC2CC3CCC2C3)c1O.CCC(C)(C)c1cc([N+](=O)[O-])cc(C=NC2CC3CCC2C3)c1O.COc1cc(C=NC2CC3CCC2C3)c(O)c(C(C)(C)c2ccccc2)c1.Cc1cc(C=NC2CC3CCC2C3)c(O)c(C(C)(C)c2ccccc2)c1.Cc1cc(C=NC2CC3CCC2C3)c(O)c(C(C)(C)c2ccccc2)c1.[Cl][Zr][Cl].[Cl][Zr][Cl].[Cl][Zr][Cl].[Cl][Zr][Cl].[Cl][Zr][Cl]. The number of benzene rings is 9. The minimum atomic E-state index is -0.826. The number of hydrogen-bond acceptors (Lipinski definition) is 13. The molecule has 0 heterocycles. The second-order valence-electron chi connectivity index (χ2n) is 42.7. The molecule has 764 valence electrons. The number of rotatable bonds is 22. The molecule has 14 nitrogen and oxygen atoms in total. The van der Waals surface area contributed by atoms with Gasteiger partial charge in [0.25, 0.3) is 5.69 Å². The normalized spacial score (nSPS) is 23.3. The zero-order valence-electron chi connectivity index (χ0n) is 84.7. The molecular formula is C114H140Cl10N6O8Zr5. The van der Waals surface area contributed by atoms with E-state index in [0.717, 1.165) is 133 Å². The third-order valence-electron chi connectivity index (χ3n) is 32.1. The molecule has 9 aromatic rings. The summed E-state index contributed by atoms with van der Waals surface area (Å²) in [5.74, 6) is 10.3. The van der Waals surface area contributed by atoms with Crippen LogP contribution in [0.15, 0.2) is 213 Å². The number of non-ortho nitro benzene ring substituents is 1. The fourth-order valence-corrected chi connectivity index (χ4v) is 23.7. The molecule has 0 spiro atoms.